The number of hydrogen-bond donors (Lipinski definition) is 1. The maximum absolute atomic E-state index is 11.6. The van der Waals surface area contributed by atoms with Crippen molar-refractivity contribution in [3.05, 3.63) is 29.8 Å². The molecule has 4 nitrogen and oxygen atoms in total. The molecule has 21 heavy (non-hydrogen) atoms. The molecule has 116 valence electrons. The van der Waals surface area contributed by atoms with E-state index in [1.165, 1.54) is 11.3 Å². The van der Waals surface area contributed by atoms with E-state index in [9.17, 15) is 9.90 Å². The molecule has 1 aliphatic heterocycles. The maximum Gasteiger partial charge on any atom is 0.407 e. The Bertz CT molecular complexity index is 491. The zero-order chi connectivity index (χ0) is 15.6. The summed E-state index contributed by atoms with van der Waals surface area (Å²) >= 11 is 0. The van der Waals surface area contributed by atoms with Gasteiger partial charge in [0.15, 0.2) is 0 Å². The number of carbonyl (C=O) groups is 1. The van der Waals surface area contributed by atoms with Crippen LogP contribution in [0.5, 0.6) is 0 Å². The van der Waals surface area contributed by atoms with Crippen LogP contribution in [-0.2, 0) is 0 Å². The summed E-state index contributed by atoms with van der Waals surface area (Å²) < 4.78 is 0. The van der Waals surface area contributed by atoms with Gasteiger partial charge in [0.2, 0.25) is 0 Å². The molecular formula is C17H26N2O2. The Morgan fingerprint density at radius 3 is 2.33 bits per heavy atom. The van der Waals surface area contributed by atoms with Gasteiger partial charge in [0, 0.05) is 25.3 Å². The summed E-state index contributed by atoms with van der Waals surface area (Å²) in [5.74, 6) is 0. The number of amides is 1. The van der Waals surface area contributed by atoms with Crippen LogP contribution in [0.1, 0.15) is 32.8 Å². The van der Waals surface area contributed by atoms with Crippen molar-refractivity contribution in [1.29, 1.82) is 0 Å². The van der Waals surface area contributed by atoms with E-state index >= 15 is 0 Å². The molecule has 2 rings (SSSR count). The molecule has 1 amide bonds. The number of hydrogen-bond acceptors (Lipinski definition) is 2. The lowest BCUT2D eigenvalue weighted by Gasteiger charge is -2.39. The first-order chi connectivity index (χ1) is 9.79. The predicted octanol–water partition coefficient (Wildman–Crippen LogP) is 3.60. The van der Waals surface area contributed by atoms with E-state index in [0.29, 0.717) is 6.54 Å². The third-order valence-corrected chi connectivity index (χ3v) is 4.24. The van der Waals surface area contributed by atoms with Crippen molar-refractivity contribution < 1.29 is 9.90 Å². The molecule has 1 aliphatic rings. The average molecular weight is 290 g/mol. The summed E-state index contributed by atoms with van der Waals surface area (Å²) in [5, 5.41) is 9.50. The van der Waals surface area contributed by atoms with Crippen LogP contribution in [0.2, 0.25) is 0 Å². The summed E-state index contributed by atoms with van der Waals surface area (Å²) in [6, 6.07) is 8.48. The minimum atomic E-state index is -0.805. The van der Waals surface area contributed by atoms with E-state index in [4.69, 9.17) is 0 Å². The number of anilines is 1. The lowest BCUT2D eigenvalue weighted by Crippen LogP contribution is -2.51. The van der Waals surface area contributed by atoms with Crippen molar-refractivity contribution in [1.82, 2.24) is 4.90 Å². The lowest BCUT2D eigenvalue weighted by atomic mass is 9.85. The molecule has 0 saturated carbocycles. The molecule has 1 aromatic carbocycles. The second kappa shape index (κ2) is 5.96. The first-order valence-electron chi connectivity index (χ1n) is 7.60. The van der Waals surface area contributed by atoms with Crippen LogP contribution < -0.4 is 4.90 Å². The van der Waals surface area contributed by atoms with Gasteiger partial charge in [-0.25, -0.2) is 4.79 Å². The van der Waals surface area contributed by atoms with Crippen molar-refractivity contribution in [3.8, 4) is 0 Å². The highest BCUT2D eigenvalue weighted by Gasteiger charge is 2.36. The van der Waals surface area contributed by atoms with Crippen LogP contribution in [0.15, 0.2) is 24.3 Å². The SMILES string of the molecule is Cc1ccc(N2CCCN(C(=O)O)C(C(C)(C)C)C2)cc1. The average Bonchev–Trinajstić information content (AvgIpc) is 2.62. The molecular weight excluding hydrogens is 264 g/mol. The summed E-state index contributed by atoms with van der Waals surface area (Å²) in [7, 11) is 0. The van der Waals surface area contributed by atoms with Gasteiger partial charge in [-0.1, -0.05) is 38.5 Å². The van der Waals surface area contributed by atoms with Gasteiger partial charge in [0.05, 0.1) is 6.04 Å². The first kappa shape index (κ1) is 15.7. The van der Waals surface area contributed by atoms with Crippen molar-refractivity contribution >= 4 is 11.8 Å². The third-order valence-electron chi connectivity index (χ3n) is 4.24. The van der Waals surface area contributed by atoms with Crippen LogP contribution >= 0.6 is 0 Å². The van der Waals surface area contributed by atoms with Gasteiger partial charge in [-0.15, -0.1) is 0 Å². The topological polar surface area (TPSA) is 43.8 Å². The van der Waals surface area contributed by atoms with E-state index in [-0.39, 0.29) is 11.5 Å². The Kier molecular flexibility index (Phi) is 4.45. The minimum Gasteiger partial charge on any atom is -0.465 e. The molecule has 1 N–H and O–H groups in total. The molecule has 0 bridgehead atoms. The number of rotatable bonds is 1. The molecule has 0 aliphatic carbocycles. The van der Waals surface area contributed by atoms with Gasteiger partial charge in [-0.3, -0.25) is 0 Å². The second-order valence-electron chi connectivity index (χ2n) is 6.99. The Balaban J connectivity index is 2.26. The fraction of sp³-hybridized carbons (Fsp3) is 0.588. The third kappa shape index (κ3) is 3.69. The molecule has 0 spiro atoms. The minimum absolute atomic E-state index is 0.00111. The first-order valence-corrected chi connectivity index (χ1v) is 7.60. The Labute approximate surface area is 127 Å². The molecule has 1 fully saturated rings. The molecule has 1 heterocycles. The van der Waals surface area contributed by atoms with E-state index in [0.717, 1.165) is 19.5 Å². The van der Waals surface area contributed by atoms with Crippen LogP contribution in [0.3, 0.4) is 0 Å². The van der Waals surface area contributed by atoms with Crippen LogP contribution in [-0.4, -0.2) is 41.8 Å². The summed E-state index contributed by atoms with van der Waals surface area (Å²) in [6.45, 7) is 10.7. The Morgan fingerprint density at radius 1 is 1.19 bits per heavy atom. The van der Waals surface area contributed by atoms with Crippen molar-refractivity contribution in [2.45, 2.75) is 40.2 Å². The van der Waals surface area contributed by atoms with Crippen molar-refractivity contribution in [2.75, 3.05) is 24.5 Å². The lowest BCUT2D eigenvalue weighted by molar-refractivity contribution is 0.0902. The summed E-state index contributed by atoms with van der Waals surface area (Å²) in [6.07, 6.45) is 0.0629. The molecule has 1 aromatic rings. The largest absolute Gasteiger partial charge is 0.465 e. The molecule has 1 saturated heterocycles. The summed E-state index contributed by atoms with van der Waals surface area (Å²) in [5.41, 5.74) is 2.35. The highest BCUT2D eigenvalue weighted by Crippen LogP contribution is 2.29. The standard InChI is InChI=1S/C17H26N2O2/c1-13-6-8-14(9-7-13)18-10-5-11-19(16(20)21)15(12-18)17(2,3)4/h6-9,15H,5,10-12H2,1-4H3,(H,20,21). The Hall–Kier alpha value is -1.71. The number of benzene rings is 1. The highest BCUT2D eigenvalue weighted by molar-refractivity contribution is 5.66. The molecule has 1 atom stereocenters. The molecule has 0 aromatic heterocycles. The fourth-order valence-corrected chi connectivity index (χ4v) is 2.95. The second-order valence-corrected chi connectivity index (χ2v) is 6.99. The fourth-order valence-electron chi connectivity index (χ4n) is 2.95. The normalized spacial score (nSPS) is 20.3. The zero-order valence-corrected chi connectivity index (χ0v) is 13.5. The van der Waals surface area contributed by atoms with Gasteiger partial charge in [-0.05, 0) is 30.9 Å². The van der Waals surface area contributed by atoms with Crippen LogP contribution in [0.4, 0.5) is 10.5 Å². The van der Waals surface area contributed by atoms with Crippen molar-refractivity contribution in [2.24, 2.45) is 5.41 Å². The smallest absolute Gasteiger partial charge is 0.407 e. The maximum atomic E-state index is 11.6. The number of nitrogens with zero attached hydrogens (tertiary/aromatic N) is 2. The van der Waals surface area contributed by atoms with E-state index in [1.807, 2.05) is 0 Å². The molecule has 4 heteroatoms. The van der Waals surface area contributed by atoms with Gasteiger partial charge >= 0.3 is 6.09 Å². The van der Waals surface area contributed by atoms with Gasteiger partial charge < -0.3 is 14.9 Å². The van der Waals surface area contributed by atoms with Gasteiger partial charge in [-0.2, -0.15) is 0 Å². The Morgan fingerprint density at radius 2 is 1.81 bits per heavy atom. The van der Waals surface area contributed by atoms with Crippen LogP contribution in [0, 0.1) is 12.3 Å². The van der Waals surface area contributed by atoms with Gasteiger partial charge in [0.1, 0.15) is 0 Å². The number of carboxylic acid groups (broad SMARTS) is 1. The molecule has 1 unspecified atom stereocenters. The number of aryl methyl sites for hydroxylation is 1. The van der Waals surface area contributed by atoms with Gasteiger partial charge in [0.25, 0.3) is 0 Å². The predicted molar refractivity (Wildman–Crippen MR) is 86.0 cm³/mol. The zero-order valence-electron chi connectivity index (χ0n) is 13.5. The van der Waals surface area contributed by atoms with Crippen molar-refractivity contribution in [3.63, 3.8) is 0 Å². The van der Waals surface area contributed by atoms with Crippen LogP contribution in [0.25, 0.3) is 0 Å². The van der Waals surface area contributed by atoms with E-state index in [2.05, 4.69) is 56.9 Å². The van der Waals surface area contributed by atoms with E-state index in [1.54, 1.807) is 4.90 Å². The monoisotopic (exact) mass is 290 g/mol. The highest BCUT2D eigenvalue weighted by atomic mass is 16.4. The molecule has 0 radical (unpaired) electrons. The van der Waals surface area contributed by atoms with E-state index < -0.39 is 6.09 Å². The quantitative estimate of drug-likeness (QED) is 0.859. The summed E-state index contributed by atoms with van der Waals surface area (Å²) in [4.78, 5) is 15.5.